The Labute approximate surface area is 190 Å². The average Bonchev–Trinajstić information content (AvgIpc) is 3.33. The van der Waals surface area contributed by atoms with E-state index in [1.165, 1.54) is 30.3 Å². The van der Waals surface area contributed by atoms with E-state index in [1.807, 2.05) is 0 Å². The average molecular weight is 450 g/mol. The summed E-state index contributed by atoms with van der Waals surface area (Å²) < 4.78 is 25.4. The Hall–Kier alpha value is -3.94. The van der Waals surface area contributed by atoms with Crippen molar-refractivity contribution < 1.29 is 28.6 Å². The maximum Gasteiger partial charge on any atom is 0.335 e. The number of carbonyl (C=O) groups is 2. The molecule has 1 saturated carbocycles. The molecule has 1 amide bonds. The Balaban J connectivity index is 1.81. The second-order valence-electron chi connectivity index (χ2n) is 7.75. The molecule has 1 N–H and O–H groups in total. The van der Waals surface area contributed by atoms with E-state index in [9.17, 15) is 19.1 Å². The molecule has 1 aromatic heterocycles. The minimum absolute atomic E-state index is 0.0126. The normalized spacial score (nSPS) is 13.5. The summed E-state index contributed by atoms with van der Waals surface area (Å²) in [6.07, 6.45) is 6.38. The molecular weight excluding hydrogens is 427 g/mol. The fourth-order valence-corrected chi connectivity index (χ4v) is 3.90. The highest BCUT2D eigenvalue weighted by atomic mass is 19.1. The molecule has 2 aromatic carbocycles. The predicted molar refractivity (Wildman–Crippen MR) is 120 cm³/mol. The first-order valence-corrected chi connectivity index (χ1v) is 10.6. The van der Waals surface area contributed by atoms with Crippen molar-refractivity contribution >= 4 is 23.3 Å². The number of halogens is 1. The summed E-state index contributed by atoms with van der Waals surface area (Å²) in [5.74, 6) is -1.35. The number of carboxylic acid groups (broad SMARTS) is 1. The number of aromatic carboxylic acids is 1. The Morgan fingerprint density at radius 3 is 2.45 bits per heavy atom. The van der Waals surface area contributed by atoms with Gasteiger partial charge in [-0.3, -0.25) is 14.7 Å². The Morgan fingerprint density at radius 2 is 1.76 bits per heavy atom. The van der Waals surface area contributed by atoms with Crippen molar-refractivity contribution in [2.75, 3.05) is 12.0 Å². The predicted octanol–water partition coefficient (Wildman–Crippen LogP) is 5.23. The highest BCUT2D eigenvalue weighted by Crippen LogP contribution is 2.38. The van der Waals surface area contributed by atoms with Gasteiger partial charge in [0.05, 0.1) is 41.9 Å². The lowest BCUT2D eigenvalue weighted by molar-refractivity contribution is 0.0696. The number of carbonyl (C=O) groups excluding carboxylic acids is 1. The second kappa shape index (κ2) is 9.68. The van der Waals surface area contributed by atoms with Crippen LogP contribution in [0.1, 0.15) is 46.4 Å². The standard InChI is InChI=1S/C25H23FN2O5/c1-32-22-10-9-20(13-23(22)33-21-7-2-3-8-21)28(19-6-4-5-16(12-19)25(30)31)24(29)17-11-18(26)15-27-14-17/h4-6,9-15,21H,2-3,7-8H2,1H3,(H,30,31). The number of amides is 1. The van der Waals surface area contributed by atoms with Gasteiger partial charge >= 0.3 is 5.97 Å². The molecule has 0 spiro atoms. The molecule has 170 valence electrons. The number of aromatic nitrogens is 1. The number of methoxy groups -OCH3 is 1. The summed E-state index contributed by atoms with van der Waals surface area (Å²) in [5, 5.41) is 9.43. The van der Waals surface area contributed by atoms with Crippen LogP contribution in [-0.2, 0) is 0 Å². The highest BCUT2D eigenvalue weighted by molar-refractivity contribution is 6.11. The van der Waals surface area contributed by atoms with Crippen LogP contribution in [0.5, 0.6) is 11.5 Å². The smallest absolute Gasteiger partial charge is 0.335 e. The van der Waals surface area contributed by atoms with Crippen molar-refractivity contribution in [3.8, 4) is 11.5 Å². The third-order valence-electron chi connectivity index (χ3n) is 5.51. The third kappa shape index (κ3) is 4.95. The number of anilines is 2. The van der Waals surface area contributed by atoms with Crippen LogP contribution in [0.15, 0.2) is 60.9 Å². The number of benzene rings is 2. The lowest BCUT2D eigenvalue weighted by Gasteiger charge is -2.25. The van der Waals surface area contributed by atoms with E-state index in [1.54, 1.807) is 30.3 Å². The summed E-state index contributed by atoms with van der Waals surface area (Å²) in [6.45, 7) is 0. The van der Waals surface area contributed by atoms with Gasteiger partial charge in [-0.05, 0) is 62.1 Å². The van der Waals surface area contributed by atoms with Crippen LogP contribution in [0.25, 0.3) is 0 Å². The van der Waals surface area contributed by atoms with Crippen LogP contribution < -0.4 is 14.4 Å². The molecule has 1 aliphatic carbocycles. The van der Waals surface area contributed by atoms with E-state index in [0.29, 0.717) is 22.9 Å². The van der Waals surface area contributed by atoms with E-state index in [-0.39, 0.29) is 17.2 Å². The number of pyridine rings is 1. The first-order chi connectivity index (χ1) is 16.0. The van der Waals surface area contributed by atoms with Gasteiger partial charge in [0.25, 0.3) is 5.91 Å². The summed E-state index contributed by atoms with van der Waals surface area (Å²) in [7, 11) is 1.54. The lowest BCUT2D eigenvalue weighted by Crippen LogP contribution is -2.26. The highest BCUT2D eigenvalue weighted by Gasteiger charge is 2.24. The monoisotopic (exact) mass is 450 g/mol. The van der Waals surface area contributed by atoms with Gasteiger partial charge in [0.1, 0.15) is 5.82 Å². The number of hydrogen-bond acceptors (Lipinski definition) is 5. The van der Waals surface area contributed by atoms with Gasteiger partial charge in [-0.2, -0.15) is 0 Å². The molecule has 1 heterocycles. The molecule has 1 fully saturated rings. The molecule has 1 aliphatic rings. The molecule has 7 nitrogen and oxygen atoms in total. The Kier molecular flexibility index (Phi) is 6.53. The molecule has 8 heteroatoms. The molecule has 3 aromatic rings. The van der Waals surface area contributed by atoms with Crippen LogP contribution in [0.4, 0.5) is 15.8 Å². The fraction of sp³-hybridized carbons (Fsp3) is 0.240. The SMILES string of the molecule is COc1ccc(N(C(=O)c2cncc(F)c2)c2cccc(C(=O)O)c2)cc1OC1CCCC1. The van der Waals surface area contributed by atoms with Gasteiger partial charge in [-0.1, -0.05) is 6.07 Å². The van der Waals surface area contributed by atoms with E-state index in [4.69, 9.17) is 9.47 Å². The molecule has 0 saturated heterocycles. The zero-order valence-corrected chi connectivity index (χ0v) is 18.0. The van der Waals surface area contributed by atoms with Crippen molar-refractivity contribution in [1.82, 2.24) is 4.98 Å². The molecule has 0 unspecified atom stereocenters. The molecule has 4 rings (SSSR count). The number of carboxylic acids is 1. The van der Waals surface area contributed by atoms with Crippen molar-refractivity contribution in [3.05, 3.63) is 77.9 Å². The molecule has 0 radical (unpaired) electrons. The third-order valence-corrected chi connectivity index (χ3v) is 5.51. The molecule has 0 atom stereocenters. The number of ether oxygens (including phenoxy) is 2. The van der Waals surface area contributed by atoms with Gasteiger partial charge in [-0.15, -0.1) is 0 Å². The van der Waals surface area contributed by atoms with Crippen molar-refractivity contribution in [2.45, 2.75) is 31.8 Å². The second-order valence-corrected chi connectivity index (χ2v) is 7.75. The van der Waals surface area contributed by atoms with E-state index in [0.717, 1.165) is 37.9 Å². The minimum Gasteiger partial charge on any atom is -0.493 e. The Bertz CT molecular complexity index is 1180. The van der Waals surface area contributed by atoms with Crippen LogP contribution >= 0.6 is 0 Å². The Morgan fingerprint density at radius 1 is 1.00 bits per heavy atom. The zero-order valence-electron chi connectivity index (χ0n) is 18.0. The van der Waals surface area contributed by atoms with Crippen LogP contribution in [-0.4, -0.2) is 35.2 Å². The maximum absolute atomic E-state index is 13.8. The first kappa shape index (κ1) is 22.3. The van der Waals surface area contributed by atoms with E-state index >= 15 is 0 Å². The lowest BCUT2D eigenvalue weighted by atomic mass is 10.1. The topological polar surface area (TPSA) is 89.0 Å². The fourth-order valence-electron chi connectivity index (χ4n) is 3.90. The van der Waals surface area contributed by atoms with E-state index in [2.05, 4.69) is 4.98 Å². The summed E-state index contributed by atoms with van der Waals surface area (Å²) in [4.78, 5) is 30.1. The number of nitrogens with zero attached hydrogens (tertiary/aromatic N) is 2. The molecule has 33 heavy (non-hydrogen) atoms. The van der Waals surface area contributed by atoms with Crippen molar-refractivity contribution in [3.63, 3.8) is 0 Å². The number of hydrogen-bond donors (Lipinski definition) is 1. The summed E-state index contributed by atoms with van der Waals surface area (Å²) in [5.41, 5.74) is 0.755. The zero-order chi connectivity index (χ0) is 23.4. The van der Waals surface area contributed by atoms with Gasteiger partial charge in [0.15, 0.2) is 11.5 Å². The maximum atomic E-state index is 13.8. The quantitative estimate of drug-likeness (QED) is 0.530. The minimum atomic E-state index is -1.13. The largest absolute Gasteiger partial charge is 0.493 e. The van der Waals surface area contributed by atoms with Crippen molar-refractivity contribution in [1.29, 1.82) is 0 Å². The molecule has 0 aliphatic heterocycles. The first-order valence-electron chi connectivity index (χ1n) is 10.6. The van der Waals surface area contributed by atoms with E-state index < -0.39 is 17.7 Å². The summed E-state index contributed by atoms with van der Waals surface area (Å²) >= 11 is 0. The van der Waals surface area contributed by atoms with Gasteiger partial charge < -0.3 is 14.6 Å². The van der Waals surface area contributed by atoms with Crippen molar-refractivity contribution in [2.24, 2.45) is 0 Å². The molecular formula is C25H23FN2O5. The van der Waals surface area contributed by atoms with Crippen LogP contribution in [0.3, 0.4) is 0 Å². The van der Waals surface area contributed by atoms with Gasteiger partial charge in [0, 0.05) is 12.3 Å². The van der Waals surface area contributed by atoms with Gasteiger partial charge in [0.2, 0.25) is 0 Å². The van der Waals surface area contributed by atoms with Crippen LogP contribution in [0, 0.1) is 5.82 Å². The summed E-state index contributed by atoms with van der Waals surface area (Å²) in [6, 6.07) is 12.1. The van der Waals surface area contributed by atoms with Gasteiger partial charge in [-0.25, -0.2) is 9.18 Å². The number of rotatable bonds is 7. The molecule has 0 bridgehead atoms. The van der Waals surface area contributed by atoms with Crippen LogP contribution in [0.2, 0.25) is 0 Å².